The maximum Gasteiger partial charge on any atom is 0.110 e. The molecular formula is C9H10BrNO2S. The quantitative estimate of drug-likeness (QED) is 0.824. The van der Waals surface area contributed by atoms with E-state index in [1.807, 2.05) is 6.07 Å². The lowest BCUT2D eigenvalue weighted by Gasteiger charge is -2.15. The van der Waals surface area contributed by atoms with Crippen LogP contribution >= 0.6 is 27.3 Å². The second kappa shape index (κ2) is 5.47. The maximum atomic E-state index is 9.66. The molecule has 5 heteroatoms. The smallest absolute Gasteiger partial charge is 0.110 e. The van der Waals surface area contributed by atoms with E-state index in [4.69, 9.17) is 5.26 Å². The van der Waals surface area contributed by atoms with Crippen molar-refractivity contribution >= 4 is 27.3 Å². The minimum Gasteiger partial charge on any atom is -0.390 e. The van der Waals surface area contributed by atoms with Crippen LogP contribution in [0, 0.1) is 11.3 Å². The molecule has 0 aliphatic carbocycles. The van der Waals surface area contributed by atoms with Crippen LogP contribution in [-0.4, -0.2) is 21.6 Å². The van der Waals surface area contributed by atoms with Crippen LogP contribution in [0.3, 0.4) is 0 Å². The molecule has 1 rings (SSSR count). The van der Waals surface area contributed by atoms with Crippen molar-refractivity contribution in [3.05, 3.63) is 21.9 Å². The Kier molecular flexibility index (Phi) is 4.55. The molecule has 0 amide bonds. The van der Waals surface area contributed by atoms with Crippen molar-refractivity contribution in [2.75, 3.05) is 5.33 Å². The first kappa shape index (κ1) is 11.7. The fourth-order valence-corrected chi connectivity index (χ4v) is 2.25. The Morgan fingerprint density at radius 3 is 2.79 bits per heavy atom. The molecule has 2 unspecified atom stereocenters. The number of hydrogen-bond acceptors (Lipinski definition) is 4. The fourth-order valence-electron chi connectivity index (χ4n) is 1.06. The summed E-state index contributed by atoms with van der Waals surface area (Å²) >= 11 is 4.46. The Morgan fingerprint density at radius 2 is 2.29 bits per heavy atom. The second-order valence-electron chi connectivity index (χ2n) is 2.85. The van der Waals surface area contributed by atoms with E-state index in [9.17, 15) is 10.2 Å². The molecule has 0 aromatic carbocycles. The Hall–Kier alpha value is -0.410. The summed E-state index contributed by atoms with van der Waals surface area (Å²) in [6.45, 7) is 0. The van der Waals surface area contributed by atoms with E-state index in [1.54, 1.807) is 11.4 Å². The highest BCUT2D eigenvalue weighted by molar-refractivity contribution is 9.09. The molecule has 0 radical (unpaired) electrons. The van der Waals surface area contributed by atoms with Gasteiger partial charge in [0.2, 0.25) is 0 Å². The van der Waals surface area contributed by atoms with Gasteiger partial charge in [0.1, 0.15) is 17.1 Å². The van der Waals surface area contributed by atoms with Crippen molar-refractivity contribution in [3.8, 4) is 6.07 Å². The van der Waals surface area contributed by atoms with Crippen molar-refractivity contribution in [2.24, 2.45) is 0 Å². The molecule has 2 atom stereocenters. The van der Waals surface area contributed by atoms with Gasteiger partial charge in [-0.05, 0) is 23.4 Å². The van der Waals surface area contributed by atoms with E-state index in [1.165, 1.54) is 11.3 Å². The number of thiophene rings is 1. The van der Waals surface area contributed by atoms with Crippen LogP contribution in [0.2, 0.25) is 0 Å². The summed E-state index contributed by atoms with van der Waals surface area (Å²) in [4.78, 5) is 0.546. The highest BCUT2D eigenvalue weighted by Crippen LogP contribution is 2.24. The van der Waals surface area contributed by atoms with Crippen molar-refractivity contribution in [2.45, 2.75) is 18.6 Å². The third-order valence-corrected chi connectivity index (χ3v) is 3.15. The van der Waals surface area contributed by atoms with E-state index in [2.05, 4.69) is 15.9 Å². The number of halogens is 1. The average molecular weight is 276 g/mol. The number of hydrogen-bond donors (Lipinski definition) is 2. The Labute approximate surface area is 94.7 Å². The third kappa shape index (κ3) is 2.79. The van der Waals surface area contributed by atoms with Gasteiger partial charge >= 0.3 is 0 Å². The lowest BCUT2D eigenvalue weighted by molar-refractivity contribution is 0.0176. The van der Waals surface area contributed by atoms with Crippen LogP contribution in [-0.2, 0) is 0 Å². The molecule has 0 spiro atoms. The van der Waals surface area contributed by atoms with Crippen molar-refractivity contribution in [1.29, 1.82) is 5.26 Å². The SMILES string of the molecule is N#Cc1cc(C(O)C(O)CCBr)cs1. The zero-order valence-corrected chi connectivity index (χ0v) is 9.75. The number of rotatable bonds is 4. The highest BCUT2D eigenvalue weighted by atomic mass is 79.9. The molecule has 0 aliphatic rings. The van der Waals surface area contributed by atoms with Crippen LogP contribution < -0.4 is 0 Å². The molecular weight excluding hydrogens is 266 g/mol. The molecule has 0 fully saturated rings. The van der Waals surface area contributed by atoms with E-state index >= 15 is 0 Å². The summed E-state index contributed by atoms with van der Waals surface area (Å²) < 4.78 is 0. The molecule has 1 aromatic heterocycles. The number of aliphatic hydroxyl groups excluding tert-OH is 2. The summed E-state index contributed by atoms with van der Waals surface area (Å²) in [6, 6.07) is 3.59. The minimum absolute atomic E-state index is 0.485. The van der Waals surface area contributed by atoms with Crippen molar-refractivity contribution < 1.29 is 10.2 Å². The summed E-state index contributed by atoms with van der Waals surface area (Å²) in [5, 5.41) is 30.1. The maximum absolute atomic E-state index is 9.66. The van der Waals surface area contributed by atoms with E-state index in [0.29, 0.717) is 22.2 Å². The van der Waals surface area contributed by atoms with Gasteiger partial charge < -0.3 is 10.2 Å². The number of aliphatic hydroxyl groups is 2. The van der Waals surface area contributed by atoms with Crippen LogP contribution in [0.15, 0.2) is 11.4 Å². The first-order valence-electron chi connectivity index (χ1n) is 4.09. The Balaban J connectivity index is 2.69. The molecule has 0 aliphatic heterocycles. The first-order chi connectivity index (χ1) is 6.69. The van der Waals surface area contributed by atoms with Gasteiger partial charge in [-0.2, -0.15) is 5.26 Å². The van der Waals surface area contributed by atoms with Gasteiger partial charge in [-0.25, -0.2) is 0 Å². The largest absolute Gasteiger partial charge is 0.390 e. The summed E-state index contributed by atoms with van der Waals surface area (Å²) in [5.41, 5.74) is 0.611. The molecule has 1 heterocycles. The van der Waals surface area contributed by atoms with Crippen molar-refractivity contribution in [1.82, 2.24) is 0 Å². The van der Waals surface area contributed by atoms with Crippen molar-refractivity contribution in [3.63, 3.8) is 0 Å². The molecule has 14 heavy (non-hydrogen) atoms. The Morgan fingerprint density at radius 1 is 1.57 bits per heavy atom. The lowest BCUT2D eigenvalue weighted by atomic mass is 10.1. The summed E-state index contributed by atoms with van der Waals surface area (Å²) in [5.74, 6) is 0. The summed E-state index contributed by atoms with van der Waals surface area (Å²) in [7, 11) is 0. The van der Waals surface area contributed by atoms with Crippen LogP contribution in [0.4, 0.5) is 0 Å². The lowest BCUT2D eigenvalue weighted by Crippen LogP contribution is -2.17. The van der Waals surface area contributed by atoms with E-state index in [0.717, 1.165) is 0 Å². The van der Waals surface area contributed by atoms with Gasteiger partial charge in [0.15, 0.2) is 0 Å². The molecule has 0 bridgehead atoms. The molecule has 0 saturated heterocycles. The normalized spacial score (nSPS) is 14.7. The Bertz CT molecular complexity index is 334. The average Bonchev–Trinajstić information content (AvgIpc) is 2.65. The third-order valence-electron chi connectivity index (χ3n) is 1.84. The standard InChI is InChI=1S/C9H10BrNO2S/c10-2-1-8(12)9(13)6-3-7(4-11)14-5-6/h3,5,8-9,12-13H,1-2H2. The van der Waals surface area contributed by atoms with E-state index in [-0.39, 0.29) is 0 Å². The zero-order chi connectivity index (χ0) is 10.6. The molecule has 2 N–H and O–H groups in total. The molecule has 76 valence electrons. The molecule has 3 nitrogen and oxygen atoms in total. The predicted molar refractivity (Wildman–Crippen MR) is 58.4 cm³/mol. The molecule has 0 saturated carbocycles. The highest BCUT2D eigenvalue weighted by Gasteiger charge is 2.18. The van der Waals surface area contributed by atoms with Crippen LogP contribution in [0.5, 0.6) is 0 Å². The number of alkyl halides is 1. The number of nitriles is 1. The minimum atomic E-state index is -0.897. The van der Waals surface area contributed by atoms with Crippen LogP contribution in [0.25, 0.3) is 0 Å². The van der Waals surface area contributed by atoms with Gasteiger partial charge in [-0.15, -0.1) is 11.3 Å². The van der Waals surface area contributed by atoms with Gasteiger partial charge in [0.25, 0.3) is 0 Å². The second-order valence-corrected chi connectivity index (χ2v) is 4.55. The van der Waals surface area contributed by atoms with Gasteiger partial charge in [-0.3, -0.25) is 0 Å². The summed E-state index contributed by atoms with van der Waals surface area (Å²) in [6.07, 6.45) is -1.19. The van der Waals surface area contributed by atoms with E-state index < -0.39 is 12.2 Å². The molecule has 1 aromatic rings. The topological polar surface area (TPSA) is 64.2 Å². The monoisotopic (exact) mass is 275 g/mol. The first-order valence-corrected chi connectivity index (χ1v) is 6.09. The fraction of sp³-hybridized carbons (Fsp3) is 0.444. The van der Waals surface area contributed by atoms with Crippen LogP contribution in [0.1, 0.15) is 23.0 Å². The zero-order valence-electron chi connectivity index (χ0n) is 7.35. The van der Waals surface area contributed by atoms with Gasteiger partial charge in [0.05, 0.1) is 6.10 Å². The van der Waals surface area contributed by atoms with Gasteiger partial charge in [0, 0.05) is 5.33 Å². The predicted octanol–water partition coefficient (Wildman–Crippen LogP) is 1.80. The van der Waals surface area contributed by atoms with Gasteiger partial charge in [-0.1, -0.05) is 15.9 Å². The number of nitrogens with zero attached hydrogens (tertiary/aromatic N) is 1.